The number of carbonyl (C=O) groups is 1. The average Bonchev–Trinajstić information content (AvgIpc) is 3.31. The summed E-state index contributed by atoms with van der Waals surface area (Å²) in [5.74, 6) is 1.08. The molecular weight excluding hydrogens is 386 g/mol. The van der Waals surface area contributed by atoms with Gasteiger partial charge in [-0.3, -0.25) is 9.79 Å². The molecule has 2 heterocycles. The first-order valence-electron chi connectivity index (χ1n) is 10.4. The summed E-state index contributed by atoms with van der Waals surface area (Å²) in [6, 6.07) is 1.79. The Labute approximate surface area is 176 Å². The Morgan fingerprint density at radius 2 is 2.17 bits per heavy atom. The topological polar surface area (TPSA) is 82.8 Å². The lowest BCUT2D eigenvalue weighted by molar-refractivity contribution is 0.0925. The first-order valence-corrected chi connectivity index (χ1v) is 11.2. The van der Waals surface area contributed by atoms with Gasteiger partial charge in [-0.25, -0.2) is 4.98 Å². The van der Waals surface area contributed by atoms with Crippen LogP contribution in [0.15, 0.2) is 21.7 Å². The second-order valence-electron chi connectivity index (χ2n) is 7.32. The molecule has 0 radical (unpaired) electrons. The van der Waals surface area contributed by atoms with Crippen molar-refractivity contribution in [3.63, 3.8) is 0 Å². The molecule has 0 fully saturated rings. The highest BCUT2D eigenvalue weighted by Gasteiger charge is 2.17. The minimum atomic E-state index is -0.173. The Morgan fingerprint density at radius 1 is 1.34 bits per heavy atom. The Bertz CT molecular complexity index is 818. The highest BCUT2D eigenvalue weighted by molar-refractivity contribution is 7.11. The van der Waals surface area contributed by atoms with Gasteiger partial charge < -0.3 is 20.0 Å². The summed E-state index contributed by atoms with van der Waals surface area (Å²) >= 11 is 1.84. The summed E-state index contributed by atoms with van der Waals surface area (Å²) < 4.78 is 5.21. The number of nitrogens with one attached hydrogen (secondary N) is 2. The molecule has 2 N–H and O–H groups in total. The molecule has 0 spiro atoms. The van der Waals surface area contributed by atoms with Crippen LogP contribution in [0, 0.1) is 6.92 Å². The van der Waals surface area contributed by atoms with Gasteiger partial charge in [0.2, 0.25) is 0 Å². The van der Waals surface area contributed by atoms with Gasteiger partial charge in [0.25, 0.3) is 5.91 Å². The third-order valence-corrected chi connectivity index (χ3v) is 6.05. The van der Waals surface area contributed by atoms with E-state index in [-0.39, 0.29) is 5.91 Å². The van der Waals surface area contributed by atoms with Crippen LogP contribution in [0.1, 0.15) is 57.9 Å². The van der Waals surface area contributed by atoms with Crippen LogP contribution >= 0.6 is 11.3 Å². The number of rotatable bonds is 8. The number of carbonyl (C=O) groups excluding carboxylic acids is 1. The van der Waals surface area contributed by atoms with E-state index in [0.29, 0.717) is 18.8 Å². The van der Waals surface area contributed by atoms with Gasteiger partial charge in [0.15, 0.2) is 11.7 Å². The van der Waals surface area contributed by atoms with Crippen molar-refractivity contribution in [3.8, 4) is 0 Å². The second kappa shape index (κ2) is 10.4. The normalized spacial score (nSPS) is 13.8. The van der Waals surface area contributed by atoms with E-state index in [1.165, 1.54) is 36.1 Å². The van der Waals surface area contributed by atoms with E-state index in [4.69, 9.17) is 14.4 Å². The number of furan rings is 1. The van der Waals surface area contributed by atoms with Crippen molar-refractivity contribution in [2.75, 3.05) is 26.7 Å². The molecule has 1 aliphatic carbocycles. The van der Waals surface area contributed by atoms with Crippen molar-refractivity contribution in [1.82, 2.24) is 20.5 Å². The molecule has 7 nitrogen and oxygen atoms in total. The first-order chi connectivity index (χ1) is 14.1. The summed E-state index contributed by atoms with van der Waals surface area (Å²) in [5.41, 5.74) is 2.15. The zero-order valence-electron chi connectivity index (χ0n) is 17.6. The fourth-order valence-electron chi connectivity index (χ4n) is 3.37. The van der Waals surface area contributed by atoms with Crippen LogP contribution in [0.2, 0.25) is 0 Å². The first kappa shape index (κ1) is 21.4. The summed E-state index contributed by atoms with van der Waals surface area (Å²) in [6.07, 6.45) is 7.13. The lowest BCUT2D eigenvalue weighted by Crippen LogP contribution is -2.38. The average molecular weight is 418 g/mol. The quantitative estimate of drug-likeness (QED) is 0.392. The highest BCUT2D eigenvalue weighted by atomic mass is 32.1. The largest absolute Gasteiger partial charge is 0.459 e. The van der Waals surface area contributed by atoms with Gasteiger partial charge in [0.1, 0.15) is 5.01 Å². The smallest absolute Gasteiger partial charge is 0.287 e. The number of aromatic nitrogens is 1. The van der Waals surface area contributed by atoms with E-state index in [0.717, 1.165) is 42.5 Å². The van der Waals surface area contributed by atoms with Crippen LogP contribution < -0.4 is 10.6 Å². The molecule has 0 aliphatic heterocycles. The second-order valence-corrected chi connectivity index (χ2v) is 8.49. The van der Waals surface area contributed by atoms with E-state index < -0.39 is 0 Å². The minimum Gasteiger partial charge on any atom is -0.459 e. The lowest BCUT2D eigenvalue weighted by Gasteiger charge is -2.21. The highest BCUT2D eigenvalue weighted by Crippen LogP contribution is 2.27. The predicted molar refractivity (Wildman–Crippen MR) is 117 cm³/mol. The van der Waals surface area contributed by atoms with Gasteiger partial charge in [-0.1, -0.05) is 0 Å². The fraction of sp³-hybridized carbons (Fsp3) is 0.571. The number of fused-ring (bicyclic) bond motifs is 1. The monoisotopic (exact) mass is 417 g/mol. The number of aryl methyl sites for hydroxylation is 3. The molecule has 8 heteroatoms. The molecule has 1 amide bonds. The van der Waals surface area contributed by atoms with Crippen molar-refractivity contribution in [3.05, 3.63) is 39.2 Å². The summed E-state index contributed by atoms with van der Waals surface area (Å²) in [7, 11) is 2.04. The number of hydrogen-bond donors (Lipinski definition) is 2. The maximum Gasteiger partial charge on any atom is 0.287 e. The van der Waals surface area contributed by atoms with Crippen molar-refractivity contribution >= 4 is 23.2 Å². The molecule has 158 valence electrons. The molecule has 0 saturated heterocycles. The van der Waals surface area contributed by atoms with E-state index in [2.05, 4.69) is 22.5 Å². The van der Waals surface area contributed by atoms with E-state index in [9.17, 15) is 4.79 Å². The van der Waals surface area contributed by atoms with E-state index >= 15 is 0 Å². The SMILES string of the molecule is CCNC(=NCCCNC(=O)c1occc1C)N(C)Cc1nc2c(s1)CCCC2. The van der Waals surface area contributed by atoms with Crippen molar-refractivity contribution in [2.24, 2.45) is 4.99 Å². The summed E-state index contributed by atoms with van der Waals surface area (Å²) in [6.45, 7) is 6.70. The number of thiazole rings is 1. The maximum absolute atomic E-state index is 12.1. The number of guanidine groups is 1. The predicted octanol–water partition coefficient (Wildman–Crippen LogP) is 3.14. The Hall–Kier alpha value is -2.35. The van der Waals surface area contributed by atoms with Crippen molar-refractivity contribution in [2.45, 2.75) is 52.5 Å². The van der Waals surface area contributed by atoms with Gasteiger partial charge in [-0.2, -0.15) is 0 Å². The zero-order chi connectivity index (χ0) is 20.6. The maximum atomic E-state index is 12.1. The van der Waals surface area contributed by atoms with Gasteiger partial charge in [0, 0.05) is 37.1 Å². The molecule has 0 unspecified atom stereocenters. The van der Waals surface area contributed by atoms with Crippen molar-refractivity contribution in [1.29, 1.82) is 0 Å². The molecule has 0 atom stereocenters. The van der Waals surface area contributed by atoms with E-state index in [1.54, 1.807) is 6.07 Å². The van der Waals surface area contributed by atoms with Gasteiger partial charge in [-0.15, -0.1) is 11.3 Å². The number of amides is 1. The standard InChI is InChI=1S/C21H31N5O2S/c1-4-22-21(24-12-7-11-23-20(27)19-15(2)10-13-28-19)26(3)14-18-25-16-8-5-6-9-17(16)29-18/h10,13H,4-9,11-12,14H2,1-3H3,(H,22,24)(H,23,27). The lowest BCUT2D eigenvalue weighted by atomic mass is 10.0. The molecule has 0 aromatic carbocycles. The summed E-state index contributed by atoms with van der Waals surface area (Å²) in [4.78, 5) is 25.2. The number of aliphatic imine (C=N–C) groups is 1. The Kier molecular flexibility index (Phi) is 7.69. The van der Waals surface area contributed by atoms with Gasteiger partial charge in [-0.05, 0) is 52.0 Å². The molecule has 2 aromatic rings. The third-order valence-electron chi connectivity index (χ3n) is 4.91. The zero-order valence-corrected chi connectivity index (χ0v) is 18.4. The number of hydrogen-bond acceptors (Lipinski definition) is 5. The van der Waals surface area contributed by atoms with Crippen LogP contribution in [0.5, 0.6) is 0 Å². The number of nitrogens with zero attached hydrogens (tertiary/aromatic N) is 3. The molecule has 3 rings (SSSR count). The third kappa shape index (κ3) is 5.82. The minimum absolute atomic E-state index is 0.173. The Morgan fingerprint density at radius 3 is 2.90 bits per heavy atom. The van der Waals surface area contributed by atoms with Crippen LogP contribution in [0.4, 0.5) is 0 Å². The summed E-state index contributed by atoms with van der Waals surface area (Å²) in [5, 5.41) is 7.39. The molecule has 0 bridgehead atoms. The molecule has 0 saturated carbocycles. The molecule has 1 aliphatic rings. The van der Waals surface area contributed by atoms with Crippen LogP contribution in [0.3, 0.4) is 0 Å². The van der Waals surface area contributed by atoms with Gasteiger partial charge >= 0.3 is 0 Å². The fourth-order valence-corrected chi connectivity index (χ4v) is 4.58. The van der Waals surface area contributed by atoms with Crippen LogP contribution in [-0.4, -0.2) is 48.4 Å². The molecule has 2 aromatic heterocycles. The Balaban J connectivity index is 1.47. The van der Waals surface area contributed by atoms with Crippen molar-refractivity contribution < 1.29 is 9.21 Å². The van der Waals surface area contributed by atoms with Crippen LogP contribution in [-0.2, 0) is 19.4 Å². The van der Waals surface area contributed by atoms with Crippen LogP contribution in [0.25, 0.3) is 0 Å². The molecule has 29 heavy (non-hydrogen) atoms. The van der Waals surface area contributed by atoms with Gasteiger partial charge in [0.05, 0.1) is 18.5 Å². The molecular formula is C21H31N5O2S. The van der Waals surface area contributed by atoms with E-state index in [1.807, 2.05) is 25.3 Å².